The summed E-state index contributed by atoms with van der Waals surface area (Å²) in [4.78, 5) is 21.9. The number of piperazine rings is 1. The second-order valence-electron chi connectivity index (χ2n) is 8.67. The Hall–Kier alpha value is -4.42. The van der Waals surface area contributed by atoms with Crippen molar-refractivity contribution in [3.05, 3.63) is 82.9 Å². The number of aliphatic imine (C=N–C) groups is 1. The SMILES string of the molecule is COc1ccc(C2CN(C(=Nc3ccccc3C)NC#N)CCN2C(=O)Nc2ccc(Cl)cc2)cc1OC. The smallest absolute Gasteiger partial charge is 0.322 e. The van der Waals surface area contributed by atoms with Gasteiger partial charge in [-0.25, -0.2) is 9.79 Å². The predicted molar refractivity (Wildman–Crippen MR) is 148 cm³/mol. The maximum Gasteiger partial charge on any atom is 0.322 e. The first-order valence-electron chi connectivity index (χ1n) is 12.0. The number of nitrogens with zero attached hydrogens (tertiary/aromatic N) is 4. The van der Waals surface area contributed by atoms with E-state index in [1.165, 1.54) is 0 Å². The number of nitriles is 1. The van der Waals surface area contributed by atoms with E-state index in [9.17, 15) is 10.1 Å². The zero-order valence-corrected chi connectivity index (χ0v) is 22.2. The molecule has 0 radical (unpaired) electrons. The topological polar surface area (TPSA) is 102 Å². The van der Waals surface area contributed by atoms with Gasteiger partial charge in [-0.15, -0.1) is 0 Å². The van der Waals surface area contributed by atoms with E-state index in [1.807, 2.05) is 60.5 Å². The maximum absolute atomic E-state index is 13.5. The Labute approximate surface area is 227 Å². The van der Waals surface area contributed by atoms with Crippen LogP contribution in [0.1, 0.15) is 17.2 Å². The highest BCUT2D eigenvalue weighted by Gasteiger charge is 2.34. The maximum atomic E-state index is 13.5. The van der Waals surface area contributed by atoms with Gasteiger partial charge in [0.25, 0.3) is 0 Å². The number of anilines is 1. The van der Waals surface area contributed by atoms with Gasteiger partial charge < -0.3 is 24.6 Å². The summed E-state index contributed by atoms with van der Waals surface area (Å²) in [6, 6.07) is 19.6. The van der Waals surface area contributed by atoms with Gasteiger partial charge in [-0.05, 0) is 60.5 Å². The highest BCUT2D eigenvalue weighted by Crippen LogP contribution is 2.34. The molecule has 1 unspecified atom stereocenters. The molecule has 10 heteroatoms. The zero-order valence-electron chi connectivity index (χ0n) is 21.4. The second-order valence-corrected chi connectivity index (χ2v) is 9.10. The molecule has 0 saturated carbocycles. The highest BCUT2D eigenvalue weighted by atomic mass is 35.5. The van der Waals surface area contributed by atoms with E-state index in [2.05, 4.69) is 10.6 Å². The van der Waals surface area contributed by atoms with Crippen LogP contribution in [0.5, 0.6) is 11.5 Å². The van der Waals surface area contributed by atoms with E-state index in [4.69, 9.17) is 26.1 Å². The van der Waals surface area contributed by atoms with Crippen LogP contribution in [-0.4, -0.2) is 55.6 Å². The molecule has 3 aromatic carbocycles. The molecule has 196 valence electrons. The molecule has 1 atom stereocenters. The van der Waals surface area contributed by atoms with Crippen molar-refractivity contribution in [3.8, 4) is 17.7 Å². The van der Waals surface area contributed by atoms with Gasteiger partial charge >= 0.3 is 6.03 Å². The lowest BCUT2D eigenvalue weighted by Crippen LogP contribution is -2.55. The fourth-order valence-corrected chi connectivity index (χ4v) is 4.45. The molecule has 1 saturated heterocycles. The molecule has 3 aromatic rings. The molecule has 2 amide bonds. The summed E-state index contributed by atoms with van der Waals surface area (Å²) >= 11 is 6.00. The Balaban J connectivity index is 1.68. The lowest BCUT2D eigenvalue weighted by molar-refractivity contribution is 0.135. The lowest BCUT2D eigenvalue weighted by Gasteiger charge is -2.42. The minimum absolute atomic E-state index is 0.252. The number of methoxy groups -OCH3 is 2. The number of rotatable bonds is 5. The molecule has 1 fully saturated rings. The van der Waals surface area contributed by atoms with E-state index in [-0.39, 0.29) is 12.1 Å². The number of guanidine groups is 1. The minimum atomic E-state index is -0.376. The van der Waals surface area contributed by atoms with Gasteiger partial charge in [0.15, 0.2) is 17.7 Å². The first-order chi connectivity index (χ1) is 18.4. The summed E-state index contributed by atoms with van der Waals surface area (Å²) in [7, 11) is 3.15. The summed E-state index contributed by atoms with van der Waals surface area (Å²) in [6.45, 7) is 3.22. The number of aryl methyl sites for hydroxylation is 1. The lowest BCUT2D eigenvalue weighted by atomic mass is 10.0. The molecule has 1 aliphatic heterocycles. The largest absolute Gasteiger partial charge is 0.493 e. The van der Waals surface area contributed by atoms with Crippen molar-refractivity contribution in [3.63, 3.8) is 0 Å². The van der Waals surface area contributed by atoms with Crippen LogP contribution in [0.3, 0.4) is 0 Å². The number of amides is 2. The molecule has 9 nitrogen and oxygen atoms in total. The van der Waals surface area contributed by atoms with E-state index >= 15 is 0 Å². The number of benzene rings is 3. The van der Waals surface area contributed by atoms with Crippen LogP contribution in [0, 0.1) is 18.4 Å². The molecule has 0 aromatic heterocycles. The number of para-hydroxylation sites is 1. The molecule has 2 N–H and O–H groups in total. The third-order valence-electron chi connectivity index (χ3n) is 6.34. The van der Waals surface area contributed by atoms with Crippen molar-refractivity contribution in [2.24, 2.45) is 4.99 Å². The van der Waals surface area contributed by atoms with Crippen LogP contribution >= 0.6 is 11.6 Å². The molecule has 0 spiro atoms. The number of hydrogen-bond donors (Lipinski definition) is 2. The number of ether oxygens (including phenoxy) is 2. The Morgan fingerprint density at radius 1 is 1.05 bits per heavy atom. The Bertz CT molecular complexity index is 1360. The van der Waals surface area contributed by atoms with Crippen molar-refractivity contribution in [2.45, 2.75) is 13.0 Å². The Morgan fingerprint density at radius 3 is 2.47 bits per heavy atom. The number of carbonyl (C=O) groups is 1. The monoisotopic (exact) mass is 532 g/mol. The molecule has 0 bridgehead atoms. The molecule has 4 rings (SSSR count). The third-order valence-corrected chi connectivity index (χ3v) is 6.59. The van der Waals surface area contributed by atoms with Crippen LogP contribution in [0.4, 0.5) is 16.2 Å². The predicted octanol–water partition coefficient (Wildman–Crippen LogP) is 5.31. The zero-order chi connectivity index (χ0) is 27.1. The van der Waals surface area contributed by atoms with Crippen molar-refractivity contribution >= 4 is 35.0 Å². The van der Waals surface area contributed by atoms with Gasteiger partial charge in [-0.3, -0.25) is 5.32 Å². The van der Waals surface area contributed by atoms with Gasteiger partial charge in [-0.1, -0.05) is 35.9 Å². The van der Waals surface area contributed by atoms with E-state index in [0.29, 0.717) is 47.8 Å². The van der Waals surface area contributed by atoms with Gasteiger partial charge in [0.1, 0.15) is 0 Å². The fraction of sp³-hybridized carbons (Fsp3) is 0.250. The molecule has 1 aliphatic rings. The van der Waals surface area contributed by atoms with Crippen LogP contribution in [0.15, 0.2) is 71.7 Å². The van der Waals surface area contributed by atoms with Crippen LogP contribution in [0.25, 0.3) is 0 Å². The average Bonchev–Trinajstić information content (AvgIpc) is 2.94. The number of halogens is 1. The third kappa shape index (κ3) is 6.10. The van der Waals surface area contributed by atoms with Gasteiger partial charge in [0.2, 0.25) is 5.96 Å². The average molecular weight is 533 g/mol. The molecule has 1 heterocycles. The highest BCUT2D eigenvalue weighted by molar-refractivity contribution is 6.30. The fourth-order valence-electron chi connectivity index (χ4n) is 4.32. The number of carbonyl (C=O) groups excluding carboxylic acids is 1. The van der Waals surface area contributed by atoms with Crippen LogP contribution in [0.2, 0.25) is 5.02 Å². The second kappa shape index (κ2) is 12.2. The summed E-state index contributed by atoms with van der Waals surface area (Å²) < 4.78 is 10.9. The van der Waals surface area contributed by atoms with E-state index < -0.39 is 0 Å². The van der Waals surface area contributed by atoms with Crippen molar-refractivity contribution in [1.82, 2.24) is 15.1 Å². The van der Waals surface area contributed by atoms with Gasteiger partial charge in [0.05, 0.1) is 25.9 Å². The van der Waals surface area contributed by atoms with E-state index in [1.54, 1.807) is 43.4 Å². The summed E-state index contributed by atoms with van der Waals surface area (Å²) in [5.41, 5.74) is 3.24. The van der Waals surface area contributed by atoms with Crippen molar-refractivity contribution in [2.75, 3.05) is 39.2 Å². The summed E-state index contributed by atoms with van der Waals surface area (Å²) in [5, 5.41) is 15.7. The van der Waals surface area contributed by atoms with Crippen molar-refractivity contribution < 1.29 is 14.3 Å². The first-order valence-corrected chi connectivity index (χ1v) is 12.4. The molecule has 0 aliphatic carbocycles. The normalized spacial score (nSPS) is 15.4. The van der Waals surface area contributed by atoms with Gasteiger partial charge in [-0.2, -0.15) is 5.26 Å². The minimum Gasteiger partial charge on any atom is -0.493 e. The number of hydrogen-bond acceptors (Lipinski definition) is 5. The molecule has 38 heavy (non-hydrogen) atoms. The standard InChI is InChI=1S/C28H29ClN6O3/c1-19-6-4-5-7-23(19)33-27(31-18-30)34-14-15-35(28(36)32-22-11-9-21(29)10-12-22)24(17-34)20-8-13-25(37-2)26(16-20)38-3/h4-13,16,24H,14-15,17H2,1-3H3,(H,31,33)(H,32,36). The molecular weight excluding hydrogens is 504 g/mol. The van der Waals surface area contributed by atoms with E-state index in [0.717, 1.165) is 16.8 Å². The first kappa shape index (κ1) is 26.6. The van der Waals surface area contributed by atoms with Crippen LogP contribution < -0.4 is 20.1 Å². The quantitative estimate of drug-likeness (QED) is 0.200. The van der Waals surface area contributed by atoms with Crippen molar-refractivity contribution in [1.29, 1.82) is 5.26 Å². The summed E-state index contributed by atoms with van der Waals surface area (Å²) in [5.74, 6) is 1.57. The van der Waals surface area contributed by atoms with Crippen LogP contribution in [-0.2, 0) is 0 Å². The number of nitrogens with one attached hydrogen (secondary N) is 2. The Morgan fingerprint density at radius 2 is 1.79 bits per heavy atom. The summed E-state index contributed by atoms with van der Waals surface area (Å²) in [6.07, 6.45) is 2.00. The Kier molecular flexibility index (Phi) is 8.56. The number of urea groups is 1. The molecular formula is C28H29ClN6O3. The van der Waals surface area contributed by atoms with Gasteiger partial charge in [0, 0.05) is 30.3 Å².